The van der Waals surface area contributed by atoms with Crippen molar-refractivity contribution in [1.29, 1.82) is 0 Å². The molecule has 6 nitrogen and oxygen atoms in total. The predicted molar refractivity (Wildman–Crippen MR) is 99.0 cm³/mol. The highest BCUT2D eigenvalue weighted by Crippen LogP contribution is 2.15. The fraction of sp³-hybridized carbons (Fsp3) is 0.278. The minimum atomic E-state index is -3.80. The van der Waals surface area contributed by atoms with E-state index < -0.39 is 15.9 Å². The molecule has 0 fully saturated rings. The smallest absolute Gasteiger partial charge is 0.266 e. The van der Waals surface area contributed by atoms with Crippen LogP contribution in [0.3, 0.4) is 0 Å². The maximum Gasteiger partial charge on any atom is 0.266 e. The number of sulfonamides is 1. The lowest BCUT2D eigenvalue weighted by molar-refractivity contribution is 0.0945. The summed E-state index contributed by atoms with van der Waals surface area (Å²) in [6.07, 6.45) is 0. The highest BCUT2D eigenvalue weighted by molar-refractivity contribution is 7.89. The predicted octanol–water partition coefficient (Wildman–Crippen LogP) is 2.46. The van der Waals surface area contributed by atoms with Gasteiger partial charge in [0.05, 0.1) is 4.90 Å². The maximum absolute atomic E-state index is 12.2. The summed E-state index contributed by atoms with van der Waals surface area (Å²) >= 11 is 0. The van der Waals surface area contributed by atoms with E-state index in [-0.39, 0.29) is 4.90 Å². The molecule has 2 rings (SSSR count). The van der Waals surface area contributed by atoms with E-state index in [1.54, 1.807) is 24.3 Å². The van der Waals surface area contributed by atoms with Gasteiger partial charge in [-0.05, 0) is 57.2 Å². The topological polar surface area (TPSA) is 78.5 Å². The van der Waals surface area contributed by atoms with Crippen molar-refractivity contribution in [2.75, 3.05) is 18.0 Å². The van der Waals surface area contributed by atoms with Gasteiger partial charge in [-0.25, -0.2) is 8.42 Å². The maximum atomic E-state index is 12.2. The zero-order valence-electron chi connectivity index (χ0n) is 14.6. The average Bonchev–Trinajstić information content (AvgIpc) is 2.62. The summed E-state index contributed by atoms with van der Waals surface area (Å²) in [6.45, 7) is 7.73. The number of hydrazine groups is 1. The summed E-state index contributed by atoms with van der Waals surface area (Å²) in [7, 11) is -3.80. The van der Waals surface area contributed by atoms with E-state index >= 15 is 0 Å². The van der Waals surface area contributed by atoms with Gasteiger partial charge in [0.25, 0.3) is 15.9 Å². The molecular formula is C18H23N3O3S. The molecular weight excluding hydrogens is 338 g/mol. The van der Waals surface area contributed by atoms with Crippen LogP contribution in [0.1, 0.15) is 29.8 Å². The quantitative estimate of drug-likeness (QED) is 0.743. The third-order valence-electron chi connectivity index (χ3n) is 3.89. The first-order chi connectivity index (χ1) is 11.9. The molecule has 7 heteroatoms. The van der Waals surface area contributed by atoms with Gasteiger partial charge in [0.2, 0.25) is 0 Å². The first-order valence-electron chi connectivity index (χ1n) is 8.11. The number of carbonyl (C=O) groups excluding carboxylic acids is 1. The van der Waals surface area contributed by atoms with Gasteiger partial charge in [-0.15, -0.1) is 4.83 Å². The van der Waals surface area contributed by atoms with Crippen LogP contribution in [0.25, 0.3) is 0 Å². The Morgan fingerprint density at radius 2 is 1.52 bits per heavy atom. The Kier molecular flexibility index (Phi) is 6.17. The third-order valence-corrected chi connectivity index (χ3v) is 5.15. The average molecular weight is 361 g/mol. The lowest BCUT2D eigenvalue weighted by Gasteiger charge is -2.21. The molecule has 0 aromatic heterocycles. The van der Waals surface area contributed by atoms with Gasteiger partial charge in [-0.3, -0.25) is 10.2 Å². The Labute approximate surface area is 148 Å². The molecule has 0 atom stereocenters. The van der Waals surface area contributed by atoms with Gasteiger partial charge in [0.15, 0.2) is 0 Å². The molecule has 2 N–H and O–H groups in total. The van der Waals surface area contributed by atoms with E-state index in [0.29, 0.717) is 5.56 Å². The number of amides is 1. The van der Waals surface area contributed by atoms with Crippen molar-refractivity contribution >= 4 is 21.6 Å². The molecule has 0 unspecified atom stereocenters. The Morgan fingerprint density at radius 1 is 0.960 bits per heavy atom. The molecule has 0 spiro atoms. The van der Waals surface area contributed by atoms with E-state index in [9.17, 15) is 13.2 Å². The molecule has 0 saturated heterocycles. The standard InChI is InChI=1S/C18H23N3O3S/c1-4-21(5-2)16-10-8-15(9-11-16)18(22)19-20-25(23,24)17-12-6-14(3)7-13-17/h6-13,20H,4-5H2,1-3H3,(H,19,22). The monoisotopic (exact) mass is 361 g/mol. The minimum Gasteiger partial charge on any atom is -0.372 e. The largest absolute Gasteiger partial charge is 0.372 e. The fourth-order valence-corrected chi connectivity index (χ4v) is 3.21. The van der Waals surface area contributed by atoms with Crippen LogP contribution in [-0.2, 0) is 10.0 Å². The van der Waals surface area contributed by atoms with E-state index in [4.69, 9.17) is 0 Å². The summed E-state index contributed by atoms with van der Waals surface area (Å²) in [5.41, 5.74) is 4.59. The molecule has 1 amide bonds. The van der Waals surface area contributed by atoms with Crippen LogP contribution in [0.5, 0.6) is 0 Å². The summed E-state index contributed by atoms with van der Waals surface area (Å²) in [5, 5.41) is 0. The molecule has 0 saturated carbocycles. The molecule has 0 aliphatic heterocycles. The highest BCUT2D eigenvalue weighted by Gasteiger charge is 2.15. The molecule has 134 valence electrons. The second kappa shape index (κ2) is 8.13. The summed E-state index contributed by atoms with van der Waals surface area (Å²) in [6, 6.07) is 13.4. The van der Waals surface area contributed by atoms with Crippen molar-refractivity contribution in [2.24, 2.45) is 0 Å². The number of nitrogens with zero attached hydrogens (tertiary/aromatic N) is 1. The summed E-state index contributed by atoms with van der Waals surface area (Å²) in [4.78, 5) is 16.5. The van der Waals surface area contributed by atoms with Gasteiger partial charge < -0.3 is 4.90 Å². The van der Waals surface area contributed by atoms with E-state index in [2.05, 4.69) is 29.0 Å². The number of nitrogens with one attached hydrogen (secondary N) is 2. The normalized spacial score (nSPS) is 11.2. The molecule has 0 aliphatic carbocycles. The van der Waals surface area contributed by atoms with Crippen LogP contribution in [0, 0.1) is 6.92 Å². The number of carbonyl (C=O) groups is 1. The number of aryl methyl sites for hydroxylation is 1. The van der Waals surface area contributed by atoms with Gasteiger partial charge in [0.1, 0.15) is 0 Å². The van der Waals surface area contributed by atoms with E-state index in [0.717, 1.165) is 24.3 Å². The molecule has 2 aromatic carbocycles. The second-order valence-electron chi connectivity index (χ2n) is 5.59. The van der Waals surface area contributed by atoms with Gasteiger partial charge >= 0.3 is 0 Å². The number of hydrogen-bond acceptors (Lipinski definition) is 4. The number of anilines is 1. The van der Waals surface area contributed by atoms with Crippen LogP contribution >= 0.6 is 0 Å². The van der Waals surface area contributed by atoms with Crippen molar-refractivity contribution in [3.63, 3.8) is 0 Å². The first kappa shape index (κ1) is 19.0. The number of rotatable bonds is 7. The highest BCUT2D eigenvalue weighted by atomic mass is 32.2. The van der Waals surface area contributed by atoms with Crippen molar-refractivity contribution in [1.82, 2.24) is 10.3 Å². The Hall–Kier alpha value is -2.38. The lowest BCUT2D eigenvalue weighted by atomic mass is 10.2. The van der Waals surface area contributed by atoms with Crippen molar-refractivity contribution in [2.45, 2.75) is 25.7 Å². The van der Waals surface area contributed by atoms with Gasteiger partial charge in [-0.1, -0.05) is 17.7 Å². The number of hydrogen-bond donors (Lipinski definition) is 2. The molecule has 0 bridgehead atoms. The van der Waals surface area contributed by atoms with Gasteiger partial charge in [-0.2, -0.15) is 0 Å². The van der Waals surface area contributed by atoms with Gasteiger partial charge in [0, 0.05) is 24.3 Å². The first-order valence-corrected chi connectivity index (χ1v) is 9.59. The fourth-order valence-electron chi connectivity index (χ4n) is 2.37. The zero-order valence-corrected chi connectivity index (χ0v) is 15.4. The Bertz CT molecular complexity index is 812. The van der Waals surface area contributed by atoms with Crippen LogP contribution in [0.2, 0.25) is 0 Å². The molecule has 0 heterocycles. The molecule has 0 aliphatic rings. The zero-order chi connectivity index (χ0) is 18.4. The molecule has 0 radical (unpaired) electrons. The van der Waals surface area contributed by atoms with E-state index in [1.165, 1.54) is 12.1 Å². The van der Waals surface area contributed by atoms with Crippen LogP contribution in [0.15, 0.2) is 53.4 Å². The van der Waals surface area contributed by atoms with Crippen molar-refractivity contribution in [3.8, 4) is 0 Å². The Morgan fingerprint density at radius 3 is 2.04 bits per heavy atom. The van der Waals surface area contributed by atoms with Crippen molar-refractivity contribution in [3.05, 3.63) is 59.7 Å². The summed E-state index contributed by atoms with van der Waals surface area (Å²) in [5.74, 6) is -0.512. The van der Waals surface area contributed by atoms with Crippen LogP contribution in [0.4, 0.5) is 5.69 Å². The minimum absolute atomic E-state index is 0.0929. The summed E-state index contributed by atoms with van der Waals surface area (Å²) < 4.78 is 24.3. The second-order valence-corrected chi connectivity index (χ2v) is 7.27. The Balaban J connectivity index is 2.03. The van der Waals surface area contributed by atoms with E-state index in [1.807, 2.05) is 19.1 Å². The van der Waals surface area contributed by atoms with Crippen LogP contribution in [-0.4, -0.2) is 27.4 Å². The number of benzene rings is 2. The lowest BCUT2D eigenvalue weighted by Crippen LogP contribution is -2.41. The molecule has 25 heavy (non-hydrogen) atoms. The van der Waals surface area contributed by atoms with Crippen molar-refractivity contribution < 1.29 is 13.2 Å². The SMILES string of the molecule is CCN(CC)c1ccc(C(=O)NNS(=O)(=O)c2ccc(C)cc2)cc1. The third kappa shape index (κ3) is 4.80. The van der Waals surface area contributed by atoms with Crippen LogP contribution < -0.4 is 15.2 Å². The molecule has 2 aromatic rings.